The van der Waals surface area contributed by atoms with Crippen LogP contribution in [0.15, 0.2) is 41.1 Å². The minimum atomic E-state index is 0.0273. The van der Waals surface area contributed by atoms with Crippen molar-refractivity contribution in [2.45, 2.75) is 13.0 Å². The number of benzene rings is 2. The SMILES string of the molecule is COc1cc2ncnc(Nc3ccc(Br)c(C)c3)c2cc1OCC1CN(C)CCO1. The maximum absolute atomic E-state index is 6.10. The quantitative estimate of drug-likeness (QED) is 0.577. The number of hydrogen-bond donors (Lipinski definition) is 1. The van der Waals surface area contributed by atoms with Gasteiger partial charge in [-0.15, -0.1) is 0 Å². The zero-order valence-corrected chi connectivity index (χ0v) is 18.9. The van der Waals surface area contributed by atoms with Crippen molar-refractivity contribution in [2.75, 3.05) is 45.8 Å². The first-order chi connectivity index (χ1) is 14.5. The van der Waals surface area contributed by atoms with Gasteiger partial charge in [-0.2, -0.15) is 0 Å². The Morgan fingerprint density at radius 1 is 1.23 bits per heavy atom. The van der Waals surface area contributed by atoms with Gasteiger partial charge in [-0.25, -0.2) is 9.97 Å². The molecule has 0 bridgehead atoms. The molecule has 0 spiro atoms. The third-order valence-electron chi connectivity index (χ3n) is 5.11. The summed E-state index contributed by atoms with van der Waals surface area (Å²) >= 11 is 3.54. The Hall–Kier alpha value is -2.42. The fourth-order valence-corrected chi connectivity index (χ4v) is 3.69. The van der Waals surface area contributed by atoms with Gasteiger partial charge in [-0.3, -0.25) is 0 Å². The maximum atomic E-state index is 6.10. The van der Waals surface area contributed by atoms with Crippen molar-refractivity contribution in [3.05, 3.63) is 46.7 Å². The number of rotatable bonds is 6. The van der Waals surface area contributed by atoms with Gasteiger partial charge < -0.3 is 24.4 Å². The third-order valence-corrected chi connectivity index (χ3v) is 6.00. The lowest BCUT2D eigenvalue weighted by Gasteiger charge is -2.30. The highest BCUT2D eigenvalue weighted by Crippen LogP contribution is 2.35. The van der Waals surface area contributed by atoms with Crippen LogP contribution in [-0.4, -0.2) is 61.4 Å². The third kappa shape index (κ3) is 4.66. The highest BCUT2D eigenvalue weighted by atomic mass is 79.9. The van der Waals surface area contributed by atoms with E-state index in [9.17, 15) is 0 Å². The van der Waals surface area contributed by atoms with Crippen LogP contribution in [0.25, 0.3) is 10.9 Å². The molecule has 1 fully saturated rings. The number of ether oxygens (including phenoxy) is 3. The average molecular weight is 473 g/mol. The fourth-order valence-electron chi connectivity index (χ4n) is 3.45. The van der Waals surface area contributed by atoms with Crippen molar-refractivity contribution >= 4 is 38.3 Å². The molecule has 0 radical (unpaired) electrons. The van der Waals surface area contributed by atoms with Gasteiger partial charge in [0.05, 0.1) is 19.2 Å². The van der Waals surface area contributed by atoms with Crippen LogP contribution in [0.2, 0.25) is 0 Å². The van der Waals surface area contributed by atoms with Crippen LogP contribution in [0.5, 0.6) is 11.5 Å². The van der Waals surface area contributed by atoms with Gasteiger partial charge in [-0.1, -0.05) is 15.9 Å². The normalized spacial score (nSPS) is 17.1. The van der Waals surface area contributed by atoms with E-state index in [1.54, 1.807) is 13.4 Å². The molecule has 2 aromatic carbocycles. The Bertz CT molecular complexity index is 1050. The van der Waals surface area contributed by atoms with Crippen LogP contribution in [0.3, 0.4) is 0 Å². The van der Waals surface area contributed by atoms with E-state index in [4.69, 9.17) is 14.2 Å². The number of fused-ring (bicyclic) bond motifs is 1. The monoisotopic (exact) mass is 472 g/mol. The fraction of sp³-hybridized carbons (Fsp3) is 0.364. The Kier molecular flexibility index (Phi) is 6.36. The van der Waals surface area contributed by atoms with Gasteiger partial charge in [0.1, 0.15) is 24.9 Å². The topological polar surface area (TPSA) is 68.7 Å². The van der Waals surface area contributed by atoms with E-state index in [0.29, 0.717) is 30.5 Å². The Balaban J connectivity index is 1.62. The van der Waals surface area contributed by atoms with Crippen LogP contribution in [-0.2, 0) is 4.74 Å². The van der Waals surface area contributed by atoms with E-state index in [2.05, 4.69) is 56.2 Å². The Morgan fingerprint density at radius 2 is 2.10 bits per heavy atom. The van der Waals surface area contributed by atoms with Crippen molar-refractivity contribution < 1.29 is 14.2 Å². The van der Waals surface area contributed by atoms with Gasteiger partial charge >= 0.3 is 0 Å². The number of likely N-dealkylation sites (N-methyl/N-ethyl adjacent to an activating group) is 1. The number of methoxy groups -OCH3 is 1. The van der Waals surface area contributed by atoms with Gasteiger partial charge in [-0.05, 0) is 43.8 Å². The van der Waals surface area contributed by atoms with Crippen LogP contribution >= 0.6 is 15.9 Å². The summed E-state index contributed by atoms with van der Waals surface area (Å²) in [6, 6.07) is 9.88. The number of aryl methyl sites for hydroxylation is 1. The lowest BCUT2D eigenvalue weighted by molar-refractivity contribution is -0.0406. The molecule has 4 rings (SSSR count). The molecule has 8 heteroatoms. The molecule has 1 unspecified atom stereocenters. The van der Waals surface area contributed by atoms with Crippen LogP contribution < -0.4 is 14.8 Å². The minimum absolute atomic E-state index is 0.0273. The van der Waals surface area contributed by atoms with Crippen molar-refractivity contribution in [3.8, 4) is 11.5 Å². The average Bonchev–Trinajstić information content (AvgIpc) is 2.74. The number of morpholine rings is 1. The molecular weight excluding hydrogens is 448 g/mol. The Labute approximate surface area is 184 Å². The highest BCUT2D eigenvalue weighted by Gasteiger charge is 2.20. The molecule has 1 aromatic heterocycles. The number of anilines is 2. The standard InChI is InChI=1S/C22H25BrN4O3/c1-14-8-15(4-5-18(14)23)26-22-17-9-21(20(28-3)10-19(17)24-13-25-22)30-12-16-11-27(2)6-7-29-16/h4-5,8-10,13,16H,6-7,11-12H2,1-3H3,(H,24,25,26). The molecule has 30 heavy (non-hydrogen) atoms. The summed E-state index contributed by atoms with van der Waals surface area (Å²) in [6.07, 6.45) is 1.57. The largest absolute Gasteiger partial charge is 0.493 e. The van der Waals surface area contributed by atoms with E-state index >= 15 is 0 Å². The first kappa shape index (κ1) is 20.8. The first-order valence-corrected chi connectivity index (χ1v) is 10.6. The van der Waals surface area contributed by atoms with E-state index < -0.39 is 0 Å². The predicted molar refractivity (Wildman–Crippen MR) is 121 cm³/mol. The van der Waals surface area contributed by atoms with Gasteiger partial charge in [0.25, 0.3) is 0 Å². The van der Waals surface area contributed by atoms with Crippen molar-refractivity contribution in [3.63, 3.8) is 0 Å². The van der Waals surface area contributed by atoms with E-state index in [1.165, 1.54) is 0 Å². The van der Waals surface area contributed by atoms with Crippen molar-refractivity contribution in [2.24, 2.45) is 0 Å². The molecule has 3 aromatic rings. The molecule has 0 amide bonds. The molecule has 1 aliphatic rings. The lowest BCUT2D eigenvalue weighted by Crippen LogP contribution is -2.42. The number of halogens is 1. The maximum Gasteiger partial charge on any atom is 0.162 e. The summed E-state index contributed by atoms with van der Waals surface area (Å²) in [4.78, 5) is 11.1. The number of hydrogen-bond acceptors (Lipinski definition) is 7. The van der Waals surface area contributed by atoms with Crippen molar-refractivity contribution in [1.82, 2.24) is 14.9 Å². The summed E-state index contributed by atoms with van der Waals surface area (Å²) in [5, 5.41) is 4.25. The summed E-state index contributed by atoms with van der Waals surface area (Å²) in [6.45, 7) is 5.00. The molecule has 1 N–H and O–H groups in total. The Morgan fingerprint density at radius 3 is 2.87 bits per heavy atom. The molecule has 1 aliphatic heterocycles. The molecule has 158 valence electrons. The highest BCUT2D eigenvalue weighted by molar-refractivity contribution is 9.10. The zero-order valence-electron chi connectivity index (χ0n) is 17.3. The second kappa shape index (κ2) is 9.16. The second-order valence-corrected chi connectivity index (χ2v) is 8.25. The molecule has 7 nitrogen and oxygen atoms in total. The lowest BCUT2D eigenvalue weighted by atomic mass is 10.2. The number of nitrogens with zero attached hydrogens (tertiary/aromatic N) is 3. The van der Waals surface area contributed by atoms with Crippen LogP contribution in [0.4, 0.5) is 11.5 Å². The molecule has 0 saturated carbocycles. The molecular formula is C22H25BrN4O3. The summed E-state index contributed by atoms with van der Waals surface area (Å²) in [5.74, 6) is 1.99. The molecule has 2 heterocycles. The van der Waals surface area contributed by atoms with E-state index in [0.717, 1.165) is 39.7 Å². The summed E-state index contributed by atoms with van der Waals surface area (Å²) in [7, 11) is 3.72. The summed E-state index contributed by atoms with van der Waals surface area (Å²) < 4.78 is 18.5. The van der Waals surface area contributed by atoms with Crippen LogP contribution in [0.1, 0.15) is 5.56 Å². The minimum Gasteiger partial charge on any atom is -0.493 e. The van der Waals surface area contributed by atoms with Gasteiger partial charge in [0.2, 0.25) is 0 Å². The van der Waals surface area contributed by atoms with Crippen molar-refractivity contribution in [1.29, 1.82) is 0 Å². The van der Waals surface area contributed by atoms with Gasteiger partial charge in [0.15, 0.2) is 11.5 Å². The second-order valence-electron chi connectivity index (χ2n) is 7.40. The van der Waals surface area contributed by atoms with Crippen LogP contribution in [0, 0.1) is 6.92 Å². The number of nitrogens with one attached hydrogen (secondary N) is 1. The molecule has 1 atom stereocenters. The predicted octanol–water partition coefficient (Wildman–Crippen LogP) is 4.16. The first-order valence-electron chi connectivity index (χ1n) is 9.82. The molecule has 1 saturated heterocycles. The smallest absolute Gasteiger partial charge is 0.162 e. The van der Waals surface area contributed by atoms with E-state index in [1.807, 2.05) is 24.3 Å². The summed E-state index contributed by atoms with van der Waals surface area (Å²) in [5.41, 5.74) is 2.87. The zero-order chi connectivity index (χ0) is 21.1. The number of aromatic nitrogens is 2. The van der Waals surface area contributed by atoms with E-state index in [-0.39, 0.29) is 6.10 Å². The van der Waals surface area contributed by atoms with Gasteiger partial charge in [0, 0.05) is 34.7 Å². The molecule has 0 aliphatic carbocycles.